The molecule has 3 rings (SSSR count). The first kappa shape index (κ1) is 16.6. The Morgan fingerprint density at radius 2 is 1.27 bits per heavy atom. The summed E-state index contributed by atoms with van der Waals surface area (Å²) in [5.41, 5.74) is 2.58. The van der Waals surface area contributed by atoms with E-state index in [0.717, 1.165) is 18.2 Å². The maximum absolute atomic E-state index is 9.52. The van der Waals surface area contributed by atoms with Crippen molar-refractivity contribution in [3.05, 3.63) is 71.8 Å². The van der Waals surface area contributed by atoms with Crippen LogP contribution in [-0.4, -0.2) is 53.6 Å². The van der Waals surface area contributed by atoms with Crippen molar-refractivity contribution in [2.24, 2.45) is 0 Å². The summed E-state index contributed by atoms with van der Waals surface area (Å²) in [5, 5.41) is 18.4. The lowest BCUT2D eigenvalue weighted by atomic mass is 9.94. The van der Waals surface area contributed by atoms with Gasteiger partial charge >= 0.3 is 0 Å². The van der Waals surface area contributed by atoms with E-state index in [1.165, 1.54) is 11.1 Å². The van der Waals surface area contributed by atoms with Gasteiger partial charge in [-0.25, -0.2) is 0 Å². The first-order valence-corrected chi connectivity index (χ1v) is 7.46. The van der Waals surface area contributed by atoms with Crippen LogP contribution in [0.25, 0.3) is 0 Å². The number of likely N-dealkylation sites (tertiary alicyclic amines) is 1. The number of aliphatic hydroxyl groups excluding tert-OH is 1. The van der Waals surface area contributed by atoms with Crippen molar-refractivity contribution in [3.8, 4) is 0 Å². The third-order valence-corrected chi connectivity index (χ3v) is 3.49. The molecule has 0 radical (unpaired) electrons. The van der Waals surface area contributed by atoms with Gasteiger partial charge in [0.25, 0.3) is 0 Å². The Labute approximate surface area is 132 Å². The Bertz CT molecular complexity index is 497. The van der Waals surface area contributed by atoms with Crippen LogP contribution in [0.4, 0.5) is 0 Å². The third-order valence-electron chi connectivity index (χ3n) is 3.49. The van der Waals surface area contributed by atoms with E-state index in [4.69, 9.17) is 5.21 Å². The molecule has 0 spiro atoms. The molecule has 22 heavy (non-hydrogen) atoms. The number of β-amino-alcohol motifs (C(OH)–C–C–N with tert-alkyl or cyclic N) is 1. The van der Waals surface area contributed by atoms with Gasteiger partial charge in [0.1, 0.15) is 0 Å². The van der Waals surface area contributed by atoms with Crippen LogP contribution < -0.4 is 0 Å². The maximum atomic E-state index is 9.52. The molecule has 1 aliphatic heterocycles. The minimum absolute atomic E-state index is 0.167. The van der Waals surface area contributed by atoms with Gasteiger partial charge in [-0.1, -0.05) is 60.7 Å². The van der Waals surface area contributed by atoms with Gasteiger partial charge in [0, 0.05) is 27.2 Å². The molecule has 0 amide bonds. The second-order valence-corrected chi connectivity index (χ2v) is 5.68. The first-order valence-electron chi connectivity index (χ1n) is 7.46. The zero-order valence-electron chi connectivity index (χ0n) is 13.1. The Morgan fingerprint density at radius 1 is 0.909 bits per heavy atom. The van der Waals surface area contributed by atoms with Gasteiger partial charge in [0.05, 0.1) is 12.1 Å². The SMILES string of the molecule is CN(C)O.OC1CN(C(c2ccccc2)c2ccccc2)C1. The molecule has 0 aliphatic carbocycles. The van der Waals surface area contributed by atoms with Gasteiger partial charge in [0.15, 0.2) is 0 Å². The first-order chi connectivity index (χ1) is 10.6. The molecule has 0 saturated carbocycles. The van der Waals surface area contributed by atoms with Crippen LogP contribution in [0.3, 0.4) is 0 Å². The second kappa shape index (κ2) is 8.06. The predicted molar refractivity (Wildman–Crippen MR) is 87.8 cm³/mol. The lowest BCUT2D eigenvalue weighted by Crippen LogP contribution is -2.52. The van der Waals surface area contributed by atoms with E-state index >= 15 is 0 Å². The molecule has 0 atom stereocenters. The molecule has 2 aromatic rings. The van der Waals surface area contributed by atoms with Crippen molar-refractivity contribution in [3.63, 3.8) is 0 Å². The molecule has 1 fully saturated rings. The van der Waals surface area contributed by atoms with Crippen LogP contribution in [0.5, 0.6) is 0 Å². The highest BCUT2D eigenvalue weighted by atomic mass is 16.5. The van der Waals surface area contributed by atoms with Crippen molar-refractivity contribution in [2.75, 3.05) is 27.2 Å². The molecular formula is C18H24N2O2. The van der Waals surface area contributed by atoms with E-state index in [2.05, 4.69) is 53.4 Å². The van der Waals surface area contributed by atoms with Gasteiger partial charge < -0.3 is 10.3 Å². The molecule has 2 N–H and O–H groups in total. The van der Waals surface area contributed by atoms with Crippen molar-refractivity contribution in [1.29, 1.82) is 0 Å². The molecule has 1 saturated heterocycles. The monoisotopic (exact) mass is 300 g/mol. The lowest BCUT2D eigenvalue weighted by Gasteiger charge is -2.42. The van der Waals surface area contributed by atoms with Gasteiger partial charge in [0.2, 0.25) is 0 Å². The standard InChI is InChI=1S/C16H17NO.C2H7NO/c18-15-11-17(12-15)16(13-7-3-1-4-8-13)14-9-5-2-6-10-14;1-3(2)4/h1-10,15-16,18H,11-12H2;4H,1-2H3. The molecule has 1 heterocycles. The van der Waals surface area contributed by atoms with E-state index in [1.807, 2.05) is 12.1 Å². The summed E-state index contributed by atoms with van der Waals surface area (Å²) in [4.78, 5) is 2.31. The van der Waals surface area contributed by atoms with Gasteiger partial charge in [-0.2, -0.15) is 5.06 Å². The van der Waals surface area contributed by atoms with Crippen LogP contribution >= 0.6 is 0 Å². The van der Waals surface area contributed by atoms with Gasteiger partial charge in [-0.3, -0.25) is 4.90 Å². The van der Waals surface area contributed by atoms with E-state index in [9.17, 15) is 5.11 Å². The smallest absolute Gasteiger partial charge is 0.0794 e. The third kappa shape index (κ3) is 4.64. The van der Waals surface area contributed by atoms with Gasteiger partial charge in [-0.15, -0.1) is 0 Å². The fourth-order valence-electron chi connectivity index (χ4n) is 2.58. The van der Waals surface area contributed by atoms with Gasteiger partial charge in [-0.05, 0) is 11.1 Å². The predicted octanol–water partition coefficient (Wildman–Crippen LogP) is 2.39. The maximum Gasteiger partial charge on any atom is 0.0794 e. The highest BCUT2D eigenvalue weighted by molar-refractivity contribution is 5.32. The summed E-state index contributed by atoms with van der Waals surface area (Å²) in [6.07, 6.45) is -0.167. The molecular weight excluding hydrogens is 276 g/mol. The topological polar surface area (TPSA) is 46.9 Å². The number of rotatable bonds is 3. The molecule has 0 unspecified atom stereocenters. The molecule has 2 aromatic carbocycles. The Morgan fingerprint density at radius 3 is 1.59 bits per heavy atom. The van der Waals surface area contributed by atoms with Crippen LogP contribution in [0.1, 0.15) is 17.2 Å². The number of hydroxylamine groups is 2. The van der Waals surface area contributed by atoms with E-state index < -0.39 is 0 Å². The van der Waals surface area contributed by atoms with Crippen LogP contribution in [0.2, 0.25) is 0 Å². The molecule has 0 aromatic heterocycles. The van der Waals surface area contributed by atoms with Crippen LogP contribution in [-0.2, 0) is 0 Å². The van der Waals surface area contributed by atoms with Crippen molar-refractivity contribution >= 4 is 0 Å². The molecule has 4 nitrogen and oxygen atoms in total. The van der Waals surface area contributed by atoms with E-state index in [-0.39, 0.29) is 12.1 Å². The molecule has 0 bridgehead atoms. The summed E-state index contributed by atoms with van der Waals surface area (Å²) in [6.45, 7) is 1.52. The number of hydrogen-bond acceptors (Lipinski definition) is 4. The minimum Gasteiger partial charge on any atom is -0.390 e. The highest BCUT2D eigenvalue weighted by Crippen LogP contribution is 2.31. The Kier molecular flexibility index (Phi) is 6.10. The zero-order chi connectivity index (χ0) is 15.9. The van der Waals surface area contributed by atoms with E-state index in [0.29, 0.717) is 0 Å². The summed E-state index contributed by atoms with van der Waals surface area (Å²) >= 11 is 0. The molecule has 118 valence electrons. The largest absolute Gasteiger partial charge is 0.390 e. The Hall–Kier alpha value is -1.72. The summed E-state index contributed by atoms with van der Waals surface area (Å²) in [6, 6.07) is 21.2. The number of hydrogen-bond donors (Lipinski definition) is 2. The average molecular weight is 300 g/mol. The van der Waals surface area contributed by atoms with Crippen LogP contribution in [0, 0.1) is 0 Å². The summed E-state index contributed by atoms with van der Waals surface area (Å²) in [7, 11) is 3.11. The van der Waals surface area contributed by atoms with Crippen molar-refractivity contribution < 1.29 is 10.3 Å². The highest BCUT2D eigenvalue weighted by Gasteiger charge is 2.32. The van der Waals surface area contributed by atoms with E-state index in [1.54, 1.807) is 14.1 Å². The fraction of sp³-hybridized carbons (Fsp3) is 0.333. The fourth-order valence-corrected chi connectivity index (χ4v) is 2.58. The minimum atomic E-state index is -0.167. The number of benzene rings is 2. The molecule has 4 heteroatoms. The molecule has 1 aliphatic rings. The number of aliphatic hydroxyl groups is 1. The summed E-state index contributed by atoms with van der Waals surface area (Å²) in [5.74, 6) is 0. The Balaban J connectivity index is 0.000000396. The van der Waals surface area contributed by atoms with Crippen molar-refractivity contribution in [1.82, 2.24) is 9.96 Å². The lowest BCUT2D eigenvalue weighted by molar-refractivity contribution is -0.0372. The number of nitrogens with zero attached hydrogens (tertiary/aromatic N) is 2. The van der Waals surface area contributed by atoms with Crippen LogP contribution in [0.15, 0.2) is 60.7 Å². The summed E-state index contributed by atoms with van der Waals surface area (Å²) < 4.78 is 0. The second-order valence-electron chi connectivity index (χ2n) is 5.68. The zero-order valence-corrected chi connectivity index (χ0v) is 13.1. The quantitative estimate of drug-likeness (QED) is 0.855. The average Bonchev–Trinajstić information content (AvgIpc) is 2.47. The van der Waals surface area contributed by atoms with Crippen molar-refractivity contribution in [2.45, 2.75) is 12.1 Å². The normalized spacial score (nSPS) is 15.4.